The highest BCUT2D eigenvalue weighted by molar-refractivity contribution is 5.95. The third kappa shape index (κ3) is 5.72. The van der Waals surface area contributed by atoms with E-state index >= 15 is 0 Å². The molecular formula is C18H24N4O3. The van der Waals surface area contributed by atoms with E-state index in [0.717, 1.165) is 13.1 Å². The number of ketones is 1. The predicted octanol–water partition coefficient (Wildman–Crippen LogP) is 2.05. The van der Waals surface area contributed by atoms with Crippen LogP contribution in [0.2, 0.25) is 0 Å². The number of hydrogen-bond donors (Lipinski definition) is 1. The number of anilines is 1. The first-order valence-electron chi connectivity index (χ1n) is 8.11. The number of nitrogens with zero attached hydrogens (tertiary/aromatic N) is 3. The fourth-order valence-electron chi connectivity index (χ4n) is 2.14. The van der Waals surface area contributed by atoms with Crippen LogP contribution in [0.5, 0.6) is 5.75 Å². The molecule has 7 nitrogen and oxygen atoms in total. The SMILES string of the molecule is CC(=O)c1cccc(O[C@H](C)C(=O)Nc2cnn(CCN(C)C)c2)c1. The maximum Gasteiger partial charge on any atom is 0.265 e. The number of benzene rings is 1. The number of likely N-dealkylation sites (N-methyl/N-ethyl adjacent to an activating group) is 1. The Morgan fingerprint density at radius 3 is 2.80 bits per heavy atom. The molecule has 7 heteroatoms. The number of hydrogen-bond acceptors (Lipinski definition) is 5. The molecular weight excluding hydrogens is 320 g/mol. The second-order valence-electron chi connectivity index (χ2n) is 6.13. The van der Waals surface area contributed by atoms with Crippen molar-refractivity contribution in [2.45, 2.75) is 26.5 Å². The van der Waals surface area contributed by atoms with Gasteiger partial charge >= 0.3 is 0 Å². The van der Waals surface area contributed by atoms with E-state index in [9.17, 15) is 9.59 Å². The molecule has 0 bridgehead atoms. The van der Waals surface area contributed by atoms with Gasteiger partial charge in [-0.2, -0.15) is 5.10 Å². The minimum Gasteiger partial charge on any atom is -0.481 e. The van der Waals surface area contributed by atoms with Crippen LogP contribution in [0.3, 0.4) is 0 Å². The average molecular weight is 344 g/mol. The molecule has 134 valence electrons. The summed E-state index contributed by atoms with van der Waals surface area (Å²) in [7, 11) is 3.98. The van der Waals surface area contributed by atoms with Crippen LogP contribution in [0.25, 0.3) is 0 Å². The first-order valence-corrected chi connectivity index (χ1v) is 8.11. The van der Waals surface area contributed by atoms with Gasteiger partial charge in [-0.15, -0.1) is 0 Å². The summed E-state index contributed by atoms with van der Waals surface area (Å²) in [6, 6.07) is 6.79. The lowest BCUT2D eigenvalue weighted by Crippen LogP contribution is -2.30. The van der Waals surface area contributed by atoms with Gasteiger partial charge in [-0.25, -0.2) is 0 Å². The molecule has 2 rings (SSSR count). The second kappa shape index (κ2) is 8.43. The Bertz CT molecular complexity index is 739. The number of aromatic nitrogens is 2. The van der Waals surface area contributed by atoms with Crippen molar-refractivity contribution in [1.82, 2.24) is 14.7 Å². The largest absolute Gasteiger partial charge is 0.481 e. The quantitative estimate of drug-likeness (QED) is 0.742. The summed E-state index contributed by atoms with van der Waals surface area (Å²) in [5, 5.41) is 6.99. The lowest BCUT2D eigenvalue weighted by Gasteiger charge is -2.14. The molecule has 2 aromatic rings. The summed E-state index contributed by atoms with van der Waals surface area (Å²) in [4.78, 5) is 25.7. The number of ether oxygens (including phenoxy) is 1. The highest BCUT2D eigenvalue weighted by atomic mass is 16.5. The third-order valence-electron chi connectivity index (χ3n) is 3.60. The molecule has 0 radical (unpaired) electrons. The first-order chi connectivity index (χ1) is 11.8. The Hall–Kier alpha value is -2.67. The molecule has 1 atom stereocenters. The fourth-order valence-corrected chi connectivity index (χ4v) is 2.14. The van der Waals surface area contributed by atoms with Crippen LogP contribution in [0.1, 0.15) is 24.2 Å². The smallest absolute Gasteiger partial charge is 0.265 e. The molecule has 0 aliphatic carbocycles. The Kier molecular flexibility index (Phi) is 6.30. The Labute approximate surface area is 147 Å². The van der Waals surface area contributed by atoms with E-state index < -0.39 is 6.10 Å². The van der Waals surface area contributed by atoms with Crippen molar-refractivity contribution in [3.8, 4) is 5.75 Å². The fraction of sp³-hybridized carbons (Fsp3) is 0.389. The lowest BCUT2D eigenvalue weighted by atomic mass is 10.1. The maximum atomic E-state index is 12.3. The van der Waals surface area contributed by atoms with Crippen molar-refractivity contribution in [3.05, 3.63) is 42.2 Å². The molecule has 1 N–H and O–H groups in total. The van der Waals surface area contributed by atoms with Gasteiger partial charge in [-0.3, -0.25) is 14.3 Å². The van der Waals surface area contributed by atoms with E-state index in [4.69, 9.17) is 4.74 Å². The Morgan fingerprint density at radius 1 is 1.36 bits per heavy atom. The van der Waals surface area contributed by atoms with Crippen LogP contribution >= 0.6 is 0 Å². The first kappa shape index (κ1) is 18.7. The van der Waals surface area contributed by atoms with E-state index in [1.54, 1.807) is 48.3 Å². The monoisotopic (exact) mass is 344 g/mol. The van der Waals surface area contributed by atoms with Crippen LogP contribution in [-0.2, 0) is 11.3 Å². The van der Waals surface area contributed by atoms with Gasteiger partial charge in [-0.1, -0.05) is 12.1 Å². The molecule has 1 amide bonds. The number of nitrogens with one attached hydrogen (secondary N) is 1. The van der Waals surface area contributed by atoms with Gasteiger partial charge in [0, 0.05) is 18.3 Å². The minimum absolute atomic E-state index is 0.0484. The van der Waals surface area contributed by atoms with Crippen LogP contribution < -0.4 is 10.1 Å². The molecule has 0 aliphatic rings. The number of rotatable bonds is 8. The standard InChI is InChI=1S/C18H24N4O3/c1-13(23)15-6-5-7-17(10-15)25-14(2)18(24)20-16-11-19-22(12-16)9-8-21(3)4/h5-7,10-12,14H,8-9H2,1-4H3,(H,20,24)/t14-/m1/s1. The average Bonchev–Trinajstić information content (AvgIpc) is 3.00. The van der Waals surface area contributed by atoms with E-state index in [0.29, 0.717) is 17.0 Å². The van der Waals surface area contributed by atoms with E-state index in [-0.39, 0.29) is 11.7 Å². The highest BCUT2D eigenvalue weighted by Gasteiger charge is 2.16. The van der Waals surface area contributed by atoms with Gasteiger partial charge < -0.3 is 15.0 Å². The molecule has 25 heavy (non-hydrogen) atoms. The molecule has 0 unspecified atom stereocenters. The van der Waals surface area contributed by atoms with Gasteiger partial charge in [0.15, 0.2) is 11.9 Å². The van der Waals surface area contributed by atoms with Crippen molar-refractivity contribution in [1.29, 1.82) is 0 Å². The normalized spacial score (nSPS) is 12.0. The molecule has 0 fully saturated rings. The number of amides is 1. The summed E-state index contributed by atoms with van der Waals surface area (Å²) in [5.74, 6) is 0.158. The van der Waals surface area contributed by atoms with Gasteiger partial charge in [-0.05, 0) is 40.1 Å². The molecule has 0 spiro atoms. The molecule has 1 aromatic carbocycles. The molecule has 0 aliphatic heterocycles. The zero-order valence-electron chi connectivity index (χ0n) is 15.0. The summed E-state index contributed by atoms with van der Waals surface area (Å²) >= 11 is 0. The number of carbonyl (C=O) groups is 2. The highest BCUT2D eigenvalue weighted by Crippen LogP contribution is 2.16. The van der Waals surface area contributed by atoms with Gasteiger partial charge in [0.05, 0.1) is 18.4 Å². The number of carbonyl (C=O) groups excluding carboxylic acids is 2. The van der Waals surface area contributed by atoms with Gasteiger partial charge in [0.2, 0.25) is 0 Å². The van der Waals surface area contributed by atoms with Crippen molar-refractivity contribution in [2.24, 2.45) is 0 Å². The summed E-state index contributed by atoms with van der Waals surface area (Å²) in [6.45, 7) is 4.75. The topological polar surface area (TPSA) is 76.5 Å². The van der Waals surface area contributed by atoms with Crippen molar-refractivity contribution < 1.29 is 14.3 Å². The minimum atomic E-state index is -0.702. The van der Waals surface area contributed by atoms with Crippen LogP contribution in [-0.4, -0.2) is 53.1 Å². The van der Waals surface area contributed by atoms with E-state index in [1.807, 2.05) is 14.1 Å². The van der Waals surface area contributed by atoms with Gasteiger partial charge in [0.25, 0.3) is 5.91 Å². The molecule has 0 saturated carbocycles. The van der Waals surface area contributed by atoms with Gasteiger partial charge in [0.1, 0.15) is 5.75 Å². The van der Waals surface area contributed by atoms with Crippen molar-refractivity contribution in [3.63, 3.8) is 0 Å². The molecule has 1 aromatic heterocycles. The predicted molar refractivity (Wildman–Crippen MR) is 95.9 cm³/mol. The van der Waals surface area contributed by atoms with Crippen LogP contribution in [0.15, 0.2) is 36.7 Å². The Morgan fingerprint density at radius 2 is 2.12 bits per heavy atom. The summed E-state index contributed by atoms with van der Waals surface area (Å²) < 4.78 is 7.40. The zero-order valence-corrected chi connectivity index (χ0v) is 15.0. The summed E-state index contributed by atoms with van der Waals surface area (Å²) in [6.07, 6.45) is 2.69. The lowest BCUT2D eigenvalue weighted by molar-refractivity contribution is -0.122. The maximum absolute atomic E-state index is 12.3. The van der Waals surface area contributed by atoms with E-state index in [1.165, 1.54) is 6.92 Å². The van der Waals surface area contributed by atoms with E-state index in [2.05, 4.69) is 15.3 Å². The Balaban J connectivity index is 1.92. The number of Topliss-reactive ketones (excluding diaryl/α,β-unsaturated/α-hetero) is 1. The van der Waals surface area contributed by atoms with Crippen molar-refractivity contribution >= 4 is 17.4 Å². The van der Waals surface area contributed by atoms with Crippen LogP contribution in [0.4, 0.5) is 5.69 Å². The van der Waals surface area contributed by atoms with Crippen molar-refractivity contribution in [2.75, 3.05) is 26.0 Å². The molecule has 1 heterocycles. The zero-order chi connectivity index (χ0) is 18.4. The third-order valence-corrected chi connectivity index (χ3v) is 3.60. The summed E-state index contributed by atoms with van der Waals surface area (Å²) in [5.41, 5.74) is 1.17. The second-order valence-corrected chi connectivity index (χ2v) is 6.13. The van der Waals surface area contributed by atoms with Crippen LogP contribution in [0, 0.1) is 0 Å². The molecule has 0 saturated heterocycles.